The van der Waals surface area contributed by atoms with Gasteiger partial charge >= 0.3 is 6.18 Å². The van der Waals surface area contributed by atoms with Crippen molar-refractivity contribution in [1.29, 1.82) is 0 Å². The van der Waals surface area contributed by atoms with Gasteiger partial charge in [-0.05, 0) is 42.1 Å². The first kappa shape index (κ1) is 21.6. The summed E-state index contributed by atoms with van der Waals surface area (Å²) in [6, 6.07) is 9.31. The Labute approximate surface area is 184 Å². The van der Waals surface area contributed by atoms with Crippen LogP contribution in [0.25, 0.3) is 10.2 Å². The third-order valence-electron chi connectivity index (χ3n) is 4.56. The van der Waals surface area contributed by atoms with Crippen molar-refractivity contribution in [1.82, 2.24) is 25.3 Å². The van der Waals surface area contributed by atoms with Crippen LogP contribution in [0.4, 0.5) is 19.1 Å². The lowest BCUT2D eigenvalue weighted by Gasteiger charge is -2.14. The molecule has 0 fully saturated rings. The van der Waals surface area contributed by atoms with E-state index in [0.717, 1.165) is 18.0 Å². The number of nitrogens with one attached hydrogen (secondary N) is 2. The van der Waals surface area contributed by atoms with E-state index in [-0.39, 0.29) is 24.2 Å². The monoisotopic (exact) mass is 458 g/mol. The number of carbonyl (C=O) groups excluding carboxylic acids is 1. The number of alkyl halides is 3. The van der Waals surface area contributed by atoms with Crippen molar-refractivity contribution in [3.63, 3.8) is 0 Å². The fourth-order valence-electron chi connectivity index (χ4n) is 2.94. The summed E-state index contributed by atoms with van der Waals surface area (Å²) in [7, 11) is 0. The maximum atomic E-state index is 12.8. The van der Waals surface area contributed by atoms with Crippen molar-refractivity contribution in [3.8, 4) is 0 Å². The number of amides is 1. The van der Waals surface area contributed by atoms with E-state index in [1.54, 1.807) is 12.3 Å². The van der Waals surface area contributed by atoms with E-state index in [0.29, 0.717) is 15.8 Å². The second-order valence-electron chi connectivity index (χ2n) is 6.88. The predicted molar refractivity (Wildman–Crippen MR) is 114 cm³/mol. The molecule has 11 heteroatoms. The summed E-state index contributed by atoms with van der Waals surface area (Å²) in [4.78, 5) is 29.4. The van der Waals surface area contributed by atoms with E-state index in [4.69, 9.17) is 0 Å². The number of fused-ring (bicyclic) bond motifs is 1. The second-order valence-corrected chi connectivity index (χ2v) is 7.80. The van der Waals surface area contributed by atoms with E-state index < -0.39 is 17.8 Å². The molecular formula is C21H17F3N6OS. The molecule has 164 valence electrons. The zero-order chi connectivity index (χ0) is 22.7. The Balaban J connectivity index is 1.51. The molecule has 0 spiro atoms. The van der Waals surface area contributed by atoms with Gasteiger partial charge in [0.25, 0.3) is 5.91 Å². The van der Waals surface area contributed by atoms with Gasteiger partial charge in [0.05, 0.1) is 22.0 Å². The standard InChI is InChI=1S/C21H17F3N6OS/c1-12(14-4-2-3-8-25-14)28-20-29-15-7-9-32-18(15)17(30-20)19(31)27-11-13-5-6-16(26-10-13)21(22,23)24/h2-10,12H,11H2,1H3,(H,27,31)(H,28,29,30). The summed E-state index contributed by atoms with van der Waals surface area (Å²) < 4.78 is 38.6. The molecule has 4 aromatic rings. The van der Waals surface area contributed by atoms with Crippen LogP contribution in [0.5, 0.6) is 0 Å². The topological polar surface area (TPSA) is 92.7 Å². The molecule has 0 bridgehead atoms. The predicted octanol–water partition coefficient (Wildman–Crippen LogP) is 4.60. The highest BCUT2D eigenvalue weighted by Gasteiger charge is 2.32. The molecule has 0 aliphatic carbocycles. The number of hydrogen-bond acceptors (Lipinski definition) is 7. The molecule has 0 saturated carbocycles. The minimum absolute atomic E-state index is 0.00788. The minimum Gasteiger partial charge on any atom is -0.347 e. The summed E-state index contributed by atoms with van der Waals surface area (Å²) in [6.45, 7) is 1.91. The van der Waals surface area contributed by atoms with Crippen LogP contribution in [0.2, 0.25) is 0 Å². The SMILES string of the molecule is CC(Nc1nc(C(=O)NCc2ccc(C(F)(F)F)nc2)c2sccc2n1)c1ccccn1. The summed E-state index contributed by atoms with van der Waals surface area (Å²) in [6.07, 6.45) is -1.74. The molecule has 0 radical (unpaired) electrons. The lowest BCUT2D eigenvalue weighted by Crippen LogP contribution is -2.25. The molecule has 4 heterocycles. The first-order valence-electron chi connectivity index (χ1n) is 9.54. The molecule has 0 aliphatic heterocycles. The molecular weight excluding hydrogens is 441 g/mol. The Morgan fingerprint density at radius 3 is 2.66 bits per heavy atom. The van der Waals surface area contributed by atoms with Crippen molar-refractivity contribution >= 4 is 33.4 Å². The zero-order valence-electron chi connectivity index (χ0n) is 16.7. The molecule has 4 aromatic heterocycles. The van der Waals surface area contributed by atoms with Gasteiger partial charge in [0.2, 0.25) is 5.95 Å². The first-order chi connectivity index (χ1) is 15.3. The van der Waals surface area contributed by atoms with E-state index in [9.17, 15) is 18.0 Å². The number of aromatic nitrogens is 4. The molecule has 0 saturated heterocycles. The molecule has 1 atom stereocenters. The largest absolute Gasteiger partial charge is 0.433 e. The van der Waals surface area contributed by atoms with Crippen molar-refractivity contribution in [3.05, 3.63) is 76.8 Å². The highest BCUT2D eigenvalue weighted by atomic mass is 32.1. The van der Waals surface area contributed by atoms with Gasteiger partial charge in [-0.1, -0.05) is 12.1 Å². The van der Waals surface area contributed by atoms with Crippen LogP contribution >= 0.6 is 11.3 Å². The average Bonchev–Trinajstić information content (AvgIpc) is 3.26. The van der Waals surface area contributed by atoms with Gasteiger partial charge < -0.3 is 10.6 Å². The van der Waals surface area contributed by atoms with Crippen molar-refractivity contribution in [2.24, 2.45) is 0 Å². The van der Waals surface area contributed by atoms with E-state index in [2.05, 4.69) is 30.6 Å². The van der Waals surface area contributed by atoms with E-state index >= 15 is 0 Å². The Bertz CT molecular complexity index is 1230. The molecule has 1 unspecified atom stereocenters. The van der Waals surface area contributed by atoms with Gasteiger partial charge in [-0.2, -0.15) is 13.2 Å². The van der Waals surface area contributed by atoms with Crippen LogP contribution in [0, 0.1) is 0 Å². The number of halogens is 3. The van der Waals surface area contributed by atoms with Crippen molar-refractivity contribution in [2.45, 2.75) is 25.7 Å². The Morgan fingerprint density at radius 2 is 1.97 bits per heavy atom. The molecule has 7 nitrogen and oxygen atoms in total. The normalized spacial score (nSPS) is 12.5. The molecule has 32 heavy (non-hydrogen) atoms. The summed E-state index contributed by atoms with van der Waals surface area (Å²) in [5, 5.41) is 7.64. The Morgan fingerprint density at radius 1 is 1.12 bits per heavy atom. The molecule has 4 rings (SSSR count). The maximum Gasteiger partial charge on any atom is 0.433 e. The van der Waals surface area contributed by atoms with E-state index in [1.807, 2.05) is 30.5 Å². The van der Waals surface area contributed by atoms with Gasteiger partial charge in [0, 0.05) is 18.9 Å². The number of pyridine rings is 2. The van der Waals surface area contributed by atoms with Crippen LogP contribution < -0.4 is 10.6 Å². The lowest BCUT2D eigenvalue weighted by molar-refractivity contribution is -0.141. The van der Waals surface area contributed by atoms with Crippen LogP contribution in [0.15, 0.2) is 54.2 Å². The fourth-order valence-corrected chi connectivity index (χ4v) is 3.76. The average molecular weight is 458 g/mol. The number of thiophene rings is 1. The van der Waals surface area contributed by atoms with Crippen LogP contribution in [-0.2, 0) is 12.7 Å². The lowest BCUT2D eigenvalue weighted by atomic mass is 10.2. The quantitative estimate of drug-likeness (QED) is 0.439. The summed E-state index contributed by atoms with van der Waals surface area (Å²) >= 11 is 1.33. The number of hydrogen-bond donors (Lipinski definition) is 2. The highest BCUT2D eigenvalue weighted by molar-refractivity contribution is 7.17. The highest BCUT2D eigenvalue weighted by Crippen LogP contribution is 2.27. The second kappa shape index (κ2) is 8.87. The Hall–Kier alpha value is -3.60. The van der Waals surface area contributed by atoms with E-state index in [1.165, 1.54) is 17.4 Å². The first-order valence-corrected chi connectivity index (χ1v) is 10.4. The maximum absolute atomic E-state index is 12.8. The molecule has 0 aromatic carbocycles. The fraction of sp³-hybridized carbons (Fsp3) is 0.190. The smallest absolute Gasteiger partial charge is 0.347 e. The van der Waals surface area contributed by atoms with Crippen molar-refractivity contribution < 1.29 is 18.0 Å². The third-order valence-corrected chi connectivity index (χ3v) is 5.47. The van der Waals surface area contributed by atoms with Gasteiger partial charge in [-0.3, -0.25) is 14.8 Å². The van der Waals surface area contributed by atoms with Crippen LogP contribution in [-0.4, -0.2) is 25.8 Å². The number of nitrogens with zero attached hydrogens (tertiary/aromatic N) is 4. The summed E-state index contributed by atoms with van der Waals surface area (Å²) in [5.74, 6) is -0.191. The van der Waals surface area contributed by atoms with Gasteiger partial charge in [-0.15, -0.1) is 11.3 Å². The number of carbonyl (C=O) groups is 1. The third kappa shape index (κ3) is 4.83. The molecule has 0 aliphatic rings. The van der Waals surface area contributed by atoms with Crippen LogP contribution in [0.1, 0.15) is 40.4 Å². The Kier molecular flexibility index (Phi) is 5.99. The van der Waals surface area contributed by atoms with Gasteiger partial charge in [0.1, 0.15) is 5.69 Å². The number of anilines is 1. The summed E-state index contributed by atoms with van der Waals surface area (Å²) in [5.41, 5.74) is 1.04. The zero-order valence-corrected chi connectivity index (χ0v) is 17.5. The number of rotatable bonds is 6. The van der Waals surface area contributed by atoms with Gasteiger partial charge in [0.15, 0.2) is 5.69 Å². The molecule has 1 amide bonds. The minimum atomic E-state index is -4.51. The van der Waals surface area contributed by atoms with Gasteiger partial charge in [-0.25, -0.2) is 9.97 Å². The molecule has 2 N–H and O–H groups in total. The van der Waals surface area contributed by atoms with Crippen molar-refractivity contribution in [2.75, 3.05) is 5.32 Å². The van der Waals surface area contributed by atoms with Crippen LogP contribution in [0.3, 0.4) is 0 Å².